The van der Waals surface area contributed by atoms with Crippen LogP contribution < -0.4 is 0 Å². The Balaban J connectivity index is 3.98. The van der Waals surface area contributed by atoms with Crippen molar-refractivity contribution in [2.24, 2.45) is 0 Å². The molecule has 62 valence electrons. The van der Waals surface area contributed by atoms with E-state index in [2.05, 4.69) is 0 Å². The van der Waals surface area contributed by atoms with Gasteiger partial charge in [0.05, 0.1) is 0 Å². The van der Waals surface area contributed by atoms with Gasteiger partial charge in [0, 0.05) is 0 Å². The standard InChI is InChI=1S/CHF6P3/c2-8(3)1(9(4)5)10(6)7/h1H. The molecule has 0 aliphatic carbocycles. The third kappa shape index (κ3) is 3.32. The fraction of sp³-hybridized carbons (Fsp3) is 1.00. The van der Waals surface area contributed by atoms with E-state index in [0.29, 0.717) is 0 Å². The zero-order valence-electron chi connectivity index (χ0n) is 4.19. The van der Waals surface area contributed by atoms with Gasteiger partial charge in [0.2, 0.25) is 0 Å². The zero-order valence-corrected chi connectivity index (χ0v) is 6.87. The maximum absolute atomic E-state index is 11.3. The normalized spacial score (nSPS) is 12.6. The molecular formula is CHF6P3. The molecule has 0 aromatic rings. The smallest absolute Gasteiger partial charge is 0.187 e. The van der Waals surface area contributed by atoms with Crippen LogP contribution in [-0.2, 0) is 0 Å². The van der Waals surface area contributed by atoms with E-state index in [1.807, 2.05) is 0 Å². The van der Waals surface area contributed by atoms with Crippen LogP contribution in [0.4, 0.5) is 25.2 Å². The summed E-state index contributed by atoms with van der Waals surface area (Å²) < 4.78 is 68.0. The second-order valence-electron chi connectivity index (χ2n) is 1.12. The van der Waals surface area contributed by atoms with E-state index in [4.69, 9.17) is 0 Å². The maximum atomic E-state index is 11.3. The molecule has 0 aromatic heterocycles. The second kappa shape index (κ2) is 4.69. The van der Waals surface area contributed by atoms with Crippen LogP contribution in [-0.4, -0.2) is 5.14 Å². The summed E-state index contributed by atoms with van der Waals surface area (Å²) in [4.78, 5) is 0. The molecule has 0 spiro atoms. The Labute approximate surface area is 57.0 Å². The molecule has 0 radical (unpaired) electrons. The summed E-state index contributed by atoms with van der Waals surface area (Å²) in [6.45, 7) is 0. The van der Waals surface area contributed by atoms with Gasteiger partial charge >= 0.3 is 0 Å². The van der Waals surface area contributed by atoms with Gasteiger partial charge in [0.1, 0.15) is 0 Å². The summed E-state index contributed by atoms with van der Waals surface area (Å²) in [5, 5.41) is -2.92. The van der Waals surface area contributed by atoms with Gasteiger partial charge in [0.15, 0.2) is 5.14 Å². The third-order valence-electron chi connectivity index (χ3n) is 0.524. The zero-order chi connectivity index (χ0) is 8.31. The summed E-state index contributed by atoms with van der Waals surface area (Å²) in [7, 11) is -12.6. The van der Waals surface area contributed by atoms with Gasteiger partial charge in [-0.1, -0.05) is 0 Å². The highest BCUT2D eigenvalue weighted by Gasteiger charge is 2.42. The van der Waals surface area contributed by atoms with Crippen molar-refractivity contribution in [1.29, 1.82) is 0 Å². The molecule has 0 atom stereocenters. The predicted octanol–water partition coefficient (Wildman–Crippen LogP) is 5.02. The van der Waals surface area contributed by atoms with Crippen molar-refractivity contribution in [2.45, 2.75) is 5.14 Å². The van der Waals surface area contributed by atoms with Crippen LogP contribution in [0.2, 0.25) is 0 Å². The largest absolute Gasteiger partial charge is 0.288 e. The molecule has 0 aliphatic heterocycles. The van der Waals surface area contributed by atoms with Crippen molar-refractivity contribution < 1.29 is 25.2 Å². The van der Waals surface area contributed by atoms with Crippen molar-refractivity contribution in [1.82, 2.24) is 0 Å². The summed E-state index contributed by atoms with van der Waals surface area (Å²) >= 11 is 0. The van der Waals surface area contributed by atoms with Crippen molar-refractivity contribution in [2.75, 3.05) is 0 Å². The van der Waals surface area contributed by atoms with Gasteiger partial charge in [-0.2, -0.15) is 25.2 Å². The average Bonchev–Trinajstić information content (AvgIpc) is 1.59. The molecule has 0 aliphatic rings. The Morgan fingerprint density at radius 2 is 0.800 bits per heavy atom. The molecular weight excluding hydrogens is 219 g/mol. The van der Waals surface area contributed by atoms with Gasteiger partial charge in [-0.05, 0) is 0 Å². The average molecular weight is 220 g/mol. The van der Waals surface area contributed by atoms with Crippen LogP contribution in [0.25, 0.3) is 0 Å². The van der Waals surface area contributed by atoms with Crippen molar-refractivity contribution in [3.05, 3.63) is 0 Å². The van der Waals surface area contributed by atoms with E-state index < -0.39 is 30.8 Å². The molecule has 0 unspecified atom stereocenters. The van der Waals surface area contributed by atoms with Crippen LogP contribution in [0.3, 0.4) is 0 Å². The van der Waals surface area contributed by atoms with E-state index in [0.717, 1.165) is 0 Å². The summed E-state index contributed by atoms with van der Waals surface area (Å²) in [5.41, 5.74) is 0. The van der Waals surface area contributed by atoms with E-state index in [9.17, 15) is 25.2 Å². The fourth-order valence-corrected chi connectivity index (χ4v) is 1.78. The van der Waals surface area contributed by atoms with Gasteiger partial charge in [-0.15, -0.1) is 0 Å². The molecule has 0 fully saturated rings. The van der Waals surface area contributed by atoms with E-state index in [1.54, 1.807) is 0 Å². The first-order valence-corrected chi connectivity index (χ1v) is 5.37. The molecule has 0 bridgehead atoms. The van der Waals surface area contributed by atoms with Gasteiger partial charge in [0.25, 0.3) is 25.6 Å². The molecule has 10 heavy (non-hydrogen) atoms. The van der Waals surface area contributed by atoms with Crippen LogP contribution >= 0.6 is 25.6 Å². The monoisotopic (exact) mass is 220 g/mol. The molecule has 0 amide bonds. The molecule has 0 nitrogen and oxygen atoms in total. The Morgan fingerprint density at radius 1 is 0.600 bits per heavy atom. The first-order valence-electron chi connectivity index (χ1n) is 1.79. The predicted molar refractivity (Wildman–Crippen MR) is 31.2 cm³/mol. The van der Waals surface area contributed by atoms with Crippen LogP contribution in [0.5, 0.6) is 0 Å². The lowest BCUT2D eigenvalue weighted by atomic mass is 11.9. The minimum Gasteiger partial charge on any atom is -0.187 e. The quantitative estimate of drug-likeness (QED) is 0.462. The molecule has 0 saturated carbocycles. The number of rotatable bonds is 3. The highest BCUT2D eigenvalue weighted by Crippen LogP contribution is 2.75. The lowest BCUT2D eigenvalue weighted by Gasteiger charge is -2.08. The first kappa shape index (κ1) is 10.9. The maximum Gasteiger partial charge on any atom is 0.288 e. The molecule has 0 aromatic carbocycles. The highest BCUT2D eigenvalue weighted by molar-refractivity contribution is 7.81. The minimum atomic E-state index is -4.19. The van der Waals surface area contributed by atoms with Crippen molar-refractivity contribution in [3.8, 4) is 0 Å². The first-order chi connectivity index (χ1) is 4.46. The van der Waals surface area contributed by atoms with Gasteiger partial charge < -0.3 is 0 Å². The van der Waals surface area contributed by atoms with Gasteiger partial charge in [-0.25, -0.2) is 0 Å². The Bertz CT molecular complexity index is 74.0. The fourth-order valence-electron chi connectivity index (χ4n) is 0.198. The molecule has 0 rings (SSSR count). The van der Waals surface area contributed by atoms with Crippen LogP contribution in [0, 0.1) is 0 Å². The lowest BCUT2D eigenvalue weighted by Crippen LogP contribution is -1.85. The summed E-state index contributed by atoms with van der Waals surface area (Å²) in [6.07, 6.45) is 0. The topological polar surface area (TPSA) is 0 Å². The van der Waals surface area contributed by atoms with E-state index in [-0.39, 0.29) is 0 Å². The Kier molecular flexibility index (Phi) is 5.10. The molecule has 0 N–H and O–H groups in total. The number of hydrogen-bond acceptors (Lipinski definition) is 0. The molecule has 0 heterocycles. The van der Waals surface area contributed by atoms with Crippen molar-refractivity contribution >= 4 is 25.6 Å². The van der Waals surface area contributed by atoms with E-state index in [1.165, 1.54) is 0 Å². The van der Waals surface area contributed by atoms with Crippen LogP contribution in [0.1, 0.15) is 0 Å². The summed E-state index contributed by atoms with van der Waals surface area (Å²) in [5.74, 6) is 0. The molecule has 0 saturated heterocycles. The second-order valence-corrected chi connectivity index (χ2v) is 5.45. The third-order valence-corrected chi connectivity index (χ3v) is 4.71. The summed E-state index contributed by atoms with van der Waals surface area (Å²) in [6, 6.07) is 0. The molecule has 9 heteroatoms. The highest BCUT2D eigenvalue weighted by atomic mass is 31.3. The minimum absolute atomic E-state index is 2.92. The number of halogens is 6. The van der Waals surface area contributed by atoms with Crippen LogP contribution in [0.15, 0.2) is 0 Å². The van der Waals surface area contributed by atoms with Gasteiger partial charge in [-0.3, -0.25) is 0 Å². The SMILES string of the molecule is FP(F)C(P(F)F)P(F)F. The van der Waals surface area contributed by atoms with E-state index >= 15 is 0 Å². The number of hydrogen-bond donors (Lipinski definition) is 0. The lowest BCUT2D eigenvalue weighted by molar-refractivity contribution is 0.692. The van der Waals surface area contributed by atoms with Crippen molar-refractivity contribution in [3.63, 3.8) is 0 Å². The Hall–Kier alpha value is 0.870. The Morgan fingerprint density at radius 3 is 0.800 bits per heavy atom.